The Labute approximate surface area is 113 Å². The van der Waals surface area contributed by atoms with Crippen LogP contribution in [0.2, 0.25) is 0 Å². The summed E-state index contributed by atoms with van der Waals surface area (Å²) in [6, 6.07) is 3.55. The largest absolute Gasteiger partial charge is 0.385 e. The second-order valence-electron chi connectivity index (χ2n) is 5.08. The number of methoxy groups -OCH3 is 1. The number of hydrogen-bond acceptors (Lipinski definition) is 4. The van der Waals surface area contributed by atoms with Gasteiger partial charge in [0, 0.05) is 33.5 Å². The van der Waals surface area contributed by atoms with Crippen molar-refractivity contribution in [3.63, 3.8) is 0 Å². The molecule has 0 saturated heterocycles. The second-order valence-corrected chi connectivity index (χ2v) is 5.08. The van der Waals surface area contributed by atoms with E-state index < -0.39 is 0 Å². The van der Waals surface area contributed by atoms with E-state index in [9.17, 15) is 4.79 Å². The molecule has 1 aliphatic carbocycles. The highest BCUT2D eigenvalue weighted by molar-refractivity contribution is 5.98. The molecule has 1 saturated carbocycles. The number of nitrogens with zero attached hydrogens (tertiary/aromatic N) is 1. The van der Waals surface area contributed by atoms with Gasteiger partial charge in [0.25, 0.3) is 5.91 Å². The van der Waals surface area contributed by atoms with E-state index in [-0.39, 0.29) is 11.3 Å². The maximum Gasteiger partial charge on any atom is 0.255 e. The molecule has 5 heteroatoms. The molecule has 19 heavy (non-hydrogen) atoms. The minimum Gasteiger partial charge on any atom is -0.385 e. The molecular formula is C14H21N3O2. The Kier molecular flexibility index (Phi) is 4.37. The first kappa shape index (κ1) is 13.8. The highest BCUT2D eigenvalue weighted by Crippen LogP contribution is 2.48. The summed E-state index contributed by atoms with van der Waals surface area (Å²) in [4.78, 5) is 16.3. The van der Waals surface area contributed by atoms with Crippen LogP contribution in [0.3, 0.4) is 0 Å². The lowest BCUT2D eigenvalue weighted by Gasteiger charge is -2.16. The molecule has 0 unspecified atom stereocenters. The summed E-state index contributed by atoms with van der Waals surface area (Å²) < 4.78 is 5.11. The van der Waals surface area contributed by atoms with Crippen molar-refractivity contribution in [2.24, 2.45) is 5.41 Å². The first-order valence-corrected chi connectivity index (χ1v) is 6.61. The third-order valence-electron chi connectivity index (χ3n) is 3.71. The first-order valence-electron chi connectivity index (χ1n) is 6.61. The first-order chi connectivity index (χ1) is 9.21. The molecule has 1 aromatic rings. The van der Waals surface area contributed by atoms with E-state index in [0.717, 1.165) is 13.0 Å². The number of carbonyl (C=O) groups excluding carboxylic acids is 1. The number of nitrogens with one attached hydrogen (secondary N) is 2. The molecule has 0 spiro atoms. The summed E-state index contributed by atoms with van der Waals surface area (Å²) in [5.41, 5.74) is 0.848. The lowest BCUT2D eigenvalue weighted by molar-refractivity contribution is 0.0938. The number of aromatic nitrogens is 1. The molecule has 104 valence electrons. The molecule has 1 amide bonds. The lowest BCUT2D eigenvalue weighted by Crippen LogP contribution is -2.31. The number of rotatable bonds is 7. The Hall–Kier alpha value is -1.62. The van der Waals surface area contributed by atoms with Gasteiger partial charge in [-0.2, -0.15) is 0 Å². The molecular weight excluding hydrogens is 242 g/mol. The molecule has 1 aliphatic rings. The lowest BCUT2D eigenvalue weighted by atomic mass is 10.0. The Morgan fingerprint density at radius 1 is 1.53 bits per heavy atom. The van der Waals surface area contributed by atoms with Gasteiger partial charge in [0.05, 0.1) is 5.56 Å². The Morgan fingerprint density at radius 2 is 2.32 bits per heavy atom. The van der Waals surface area contributed by atoms with Gasteiger partial charge in [0.2, 0.25) is 0 Å². The van der Waals surface area contributed by atoms with E-state index in [1.165, 1.54) is 12.8 Å². The minimum atomic E-state index is -0.0684. The molecule has 5 nitrogen and oxygen atoms in total. The van der Waals surface area contributed by atoms with Crippen molar-refractivity contribution in [3.8, 4) is 0 Å². The topological polar surface area (TPSA) is 63.2 Å². The normalized spacial score (nSPS) is 15.9. The van der Waals surface area contributed by atoms with Crippen molar-refractivity contribution in [2.45, 2.75) is 19.3 Å². The third kappa shape index (κ3) is 3.44. The Bertz CT molecular complexity index is 444. The Balaban J connectivity index is 1.91. The van der Waals surface area contributed by atoms with Crippen molar-refractivity contribution < 1.29 is 9.53 Å². The summed E-state index contributed by atoms with van der Waals surface area (Å²) in [6.45, 7) is 1.47. The number of pyridine rings is 1. The number of ether oxygens (including phenoxy) is 1. The quantitative estimate of drug-likeness (QED) is 0.785. The van der Waals surface area contributed by atoms with Gasteiger partial charge in [-0.1, -0.05) is 0 Å². The van der Waals surface area contributed by atoms with Crippen molar-refractivity contribution in [1.29, 1.82) is 0 Å². The van der Waals surface area contributed by atoms with Crippen LogP contribution in [0.1, 0.15) is 29.6 Å². The van der Waals surface area contributed by atoms with E-state index in [0.29, 0.717) is 17.9 Å². The number of hydrogen-bond donors (Lipinski definition) is 2. The number of carbonyl (C=O) groups is 1. The van der Waals surface area contributed by atoms with Crippen molar-refractivity contribution in [3.05, 3.63) is 23.9 Å². The fraction of sp³-hybridized carbons (Fsp3) is 0.571. The standard InChI is InChI=1S/C14H21N3O2/c1-15-12-11(4-3-8-16-12)13(18)17-10-14(5-6-14)7-9-19-2/h3-4,8H,5-7,9-10H2,1-2H3,(H,15,16)(H,17,18). The van der Waals surface area contributed by atoms with Gasteiger partial charge in [-0.05, 0) is 36.8 Å². The van der Waals surface area contributed by atoms with Gasteiger partial charge in [-0.3, -0.25) is 4.79 Å². The van der Waals surface area contributed by atoms with Crippen LogP contribution < -0.4 is 10.6 Å². The molecule has 1 aromatic heterocycles. The van der Waals surface area contributed by atoms with Crippen LogP contribution in [0.25, 0.3) is 0 Å². The van der Waals surface area contributed by atoms with E-state index in [1.807, 2.05) is 0 Å². The molecule has 2 rings (SSSR count). The van der Waals surface area contributed by atoms with Crippen LogP contribution in [0, 0.1) is 5.41 Å². The van der Waals surface area contributed by atoms with Gasteiger partial charge in [-0.25, -0.2) is 4.98 Å². The fourth-order valence-electron chi connectivity index (χ4n) is 2.16. The second kappa shape index (κ2) is 6.02. The maximum atomic E-state index is 12.2. The monoisotopic (exact) mass is 263 g/mol. The predicted octanol–water partition coefficient (Wildman–Crippen LogP) is 1.67. The molecule has 2 N–H and O–H groups in total. The van der Waals surface area contributed by atoms with E-state index >= 15 is 0 Å². The smallest absolute Gasteiger partial charge is 0.255 e. The van der Waals surface area contributed by atoms with Crippen LogP contribution in [-0.4, -0.2) is 38.2 Å². The van der Waals surface area contributed by atoms with Crippen LogP contribution in [0.4, 0.5) is 5.82 Å². The van der Waals surface area contributed by atoms with E-state index in [2.05, 4.69) is 15.6 Å². The van der Waals surface area contributed by atoms with Gasteiger partial charge in [0.1, 0.15) is 5.82 Å². The van der Waals surface area contributed by atoms with Crippen molar-refractivity contribution >= 4 is 11.7 Å². The summed E-state index contributed by atoms with van der Waals surface area (Å²) in [6.07, 6.45) is 5.02. The Morgan fingerprint density at radius 3 is 2.95 bits per heavy atom. The van der Waals surface area contributed by atoms with Gasteiger partial charge >= 0.3 is 0 Å². The predicted molar refractivity (Wildman–Crippen MR) is 74.3 cm³/mol. The summed E-state index contributed by atoms with van der Waals surface area (Å²) >= 11 is 0. The van der Waals surface area contributed by atoms with Crippen molar-refractivity contribution in [2.75, 3.05) is 32.6 Å². The zero-order chi connectivity index (χ0) is 13.7. The summed E-state index contributed by atoms with van der Waals surface area (Å²) in [7, 11) is 3.48. The zero-order valence-electron chi connectivity index (χ0n) is 11.5. The molecule has 1 fully saturated rings. The average molecular weight is 263 g/mol. The molecule has 0 atom stereocenters. The van der Waals surface area contributed by atoms with Gasteiger partial charge in [-0.15, -0.1) is 0 Å². The average Bonchev–Trinajstić information content (AvgIpc) is 3.23. The molecule has 0 aromatic carbocycles. The zero-order valence-corrected chi connectivity index (χ0v) is 11.5. The van der Waals surface area contributed by atoms with Crippen LogP contribution in [-0.2, 0) is 4.74 Å². The summed E-state index contributed by atoms with van der Waals surface area (Å²) in [5, 5.41) is 5.94. The molecule has 0 radical (unpaired) electrons. The fourth-order valence-corrected chi connectivity index (χ4v) is 2.16. The highest BCUT2D eigenvalue weighted by atomic mass is 16.5. The number of amides is 1. The maximum absolute atomic E-state index is 12.2. The molecule has 0 aliphatic heterocycles. The summed E-state index contributed by atoms with van der Waals surface area (Å²) in [5.74, 6) is 0.544. The van der Waals surface area contributed by atoms with E-state index in [1.54, 1.807) is 32.5 Å². The van der Waals surface area contributed by atoms with Crippen molar-refractivity contribution in [1.82, 2.24) is 10.3 Å². The van der Waals surface area contributed by atoms with Crippen LogP contribution >= 0.6 is 0 Å². The number of anilines is 1. The van der Waals surface area contributed by atoms with Gasteiger partial charge in [0.15, 0.2) is 0 Å². The van der Waals surface area contributed by atoms with Crippen LogP contribution in [0.15, 0.2) is 18.3 Å². The minimum absolute atomic E-state index is 0.0684. The van der Waals surface area contributed by atoms with Crippen LogP contribution in [0.5, 0.6) is 0 Å². The highest BCUT2D eigenvalue weighted by Gasteiger charge is 2.42. The molecule has 0 bridgehead atoms. The van der Waals surface area contributed by atoms with E-state index in [4.69, 9.17) is 4.74 Å². The molecule has 1 heterocycles. The van der Waals surface area contributed by atoms with Gasteiger partial charge < -0.3 is 15.4 Å². The SMILES string of the molecule is CNc1ncccc1C(=O)NCC1(CCOC)CC1. The third-order valence-corrected chi connectivity index (χ3v) is 3.71.